The number of hydrogen-bond donors (Lipinski definition) is 1. The molecule has 3 unspecified atom stereocenters. The van der Waals surface area contributed by atoms with E-state index in [1.54, 1.807) is 0 Å². The molecule has 3 rings (SSSR count). The standard InChI is InChI=1S/C15H28N2/c1-3-12-9-14(12)17-11-15(7-5-6-8-15)16-10-13(17)4-2/h12-14,16H,3-11H2,1-2H3. The van der Waals surface area contributed by atoms with Gasteiger partial charge in [0.1, 0.15) is 0 Å². The topological polar surface area (TPSA) is 15.3 Å². The maximum Gasteiger partial charge on any atom is 0.0309 e. The minimum Gasteiger partial charge on any atom is -0.308 e. The summed E-state index contributed by atoms with van der Waals surface area (Å²) in [6.07, 6.45) is 9.91. The van der Waals surface area contributed by atoms with Gasteiger partial charge in [-0.15, -0.1) is 0 Å². The molecule has 1 heterocycles. The highest BCUT2D eigenvalue weighted by Gasteiger charge is 2.48. The summed E-state index contributed by atoms with van der Waals surface area (Å²) in [5.74, 6) is 1.01. The van der Waals surface area contributed by atoms with E-state index in [1.165, 1.54) is 58.0 Å². The lowest BCUT2D eigenvalue weighted by Gasteiger charge is -2.47. The smallest absolute Gasteiger partial charge is 0.0309 e. The molecule has 2 saturated carbocycles. The zero-order valence-electron chi connectivity index (χ0n) is 11.5. The van der Waals surface area contributed by atoms with E-state index >= 15 is 0 Å². The number of hydrogen-bond acceptors (Lipinski definition) is 2. The largest absolute Gasteiger partial charge is 0.308 e. The van der Waals surface area contributed by atoms with Gasteiger partial charge in [-0.05, 0) is 31.6 Å². The summed E-state index contributed by atoms with van der Waals surface area (Å²) in [5, 5.41) is 3.90. The molecule has 98 valence electrons. The van der Waals surface area contributed by atoms with Crippen molar-refractivity contribution in [3.63, 3.8) is 0 Å². The third-order valence-corrected chi connectivity index (χ3v) is 5.53. The molecule has 0 aromatic carbocycles. The number of piperazine rings is 1. The Bertz CT molecular complexity index is 270. The molecule has 0 bridgehead atoms. The van der Waals surface area contributed by atoms with Crippen LogP contribution in [0.4, 0.5) is 0 Å². The molecule has 1 N–H and O–H groups in total. The van der Waals surface area contributed by atoms with Gasteiger partial charge in [0.2, 0.25) is 0 Å². The van der Waals surface area contributed by atoms with Crippen molar-refractivity contribution in [3.8, 4) is 0 Å². The van der Waals surface area contributed by atoms with Gasteiger partial charge in [-0.2, -0.15) is 0 Å². The van der Waals surface area contributed by atoms with Crippen LogP contribution >= 0.6 is 0 Å². The average molecular weight is 236 g/mol. The fraction of sp³-hybridized carbons (Fsp3) is 1.00. The van der Waals surface area contributed by atoms with E-state index in [-0.39, 0.29) is 0 Å². The van der Waals surface area contributed by atoms with Crippen LogP contribution in [-0.4, -0.2) is 35.6 Å². The molecule has 3 atom stereocenters. The van der Waals surface area contributed by atoms with Crippen LogP contribution in [-0.2, 0) is 0 Å². The van der Waals surface area contributed by atoms with Crippen LogP contribution in [0.2, 0.25) is 0 Å². The normalized spacial score (nSPS) is 40.9. The zero-order valence-corrected chi connectivity index (χ0v) is 11.5. The second-order valence-corrected chi connectivity index (χ2v) is 6.57. The van der Waals surface area contributed by atoms with Crippen LogP contribution in [0.5, 0.6) is 0 Å². The summed E-state index contributed by atoms with van der Waals surface area (Å²) >= 11 is 0. The van der Waals surface area contributed by atoms with Crippen LogP contribution in [0.1, 0.15) is 58.8 Å². The monoisotopic (exact) mass is 236 g/mol. The highest BCUT2D eigenvalue weighted by atomic mass is 15.3. The molecule has 3 fully saturated rings. The Labute approximate surface area is 106 Å². The Morgan fingerprint density at radius 3 is 2.53 bits per heavy atom. The molecule has 0 amide bonds. The van der Waals surface area contributed by atoms with Crippen LogP contribution in [0.25, 0.3) is 0 Å². The van der Waals surface area contributed by atoms with E-state index in [9.17, 15) is 0 Å². The van der Waals surface area contributed by atoms with E-state index in [4.69, 9.17) is 0 Å². The summed E-state index contributed by atoms with van der Waals surface area (Å²) in [7, 11) is 0. The van der Waals surface area contributed by atoms with Crippen molar-refractivity contribution in [1.82, 2.24) is 10.2 Å². The van der Waals surface area contributed by atoms with Crippen molar-refractivity contribution < 1.29 is 0 Å². The van der Waals surface area contributed by atoms with E-state index in [1.807, 2.05) is 0 Å². The highest BCUT2D eigenvalue weighted by Crippen LogP contribution is 2.43. The van der Waals surface area contributed by atoms with Gasteiger partial charge in [0, 0.05) is 30.7 Å². The maximum atomic E-state index is 3.90. The van der Waals surface area contributed by atoms with Crippen LogP contribution < -0.4 is 5.32 Å². The van der Waals surface area contributed by atoms with Gasteiger partial charge in [-0.3, -0.25) is 4.90 Å². The van der Waals surface area contributed by atoms with Crippen molar-refractivity contribution in [1.29, 1.82) is 0 Å². The summed E-state index contributed by atoms with van der Waals surface area (Å²) in [4.78, 5) is 2.88. The summed E-state index contributed by atoms with van der Waals surface area (Å²) < 4.78 is 0. The molecule has 1 spiro atoms. The Hall–Kier alpha value is -0.0800. The molecular formula is C15H28N2. The highest BCUT2D eigenvalue weighted by molar-refractivity contribution is 5.06. The lowest BCUT2D eigenvalue weighted by atomic mass is 9.91. The summed E-state index contributed by atoms with van der Waals surface area (Å²) in [6, 6.07) is 1.74. The Morgan fingerprint density at radius 1 is 1.18 bits per heavy atom. The van der Waals surface area contributed by atoms with Crippen molar-refractivity contribution in [2.75, 3.05) is 13.1 Å². The molecule has 2 aliphatic carbocycles. The molecule has 2 heteroatoms. The summed E-state index contributed by atoms with van der Waals surface area (Å²) in [5.41, 5.74) is 0.506. The lowest BCUT2D eigenvalue weighted by Crippen LogP contribution is -2.63. The first kappa shape index (κ1) is 12.0. The molecule has 0 aromatic heterocycles. The van der Waals surface area contributed by atoms with Gasteiger partial charge in [-0.1, -0.05) is 33.1 Å². The van der Waals surface area contributed by atoms with Crippen molar-refractivity contribution in [2.45, 2.75) is 76.4 Å². The van der Waals surface area contributed by atoms with Gasteiger partial charge < -0.3 is 5.32 Å². The molecule has 3 aliphatic rings. The van der Waals surface area contributed by atoms with E-state index < -0.39 is 0 Å². The van der Waals surface area contributed by atoms with E-state index in [2.05, 4.69) is 24.1 Å². The Kier molecular flexibility index (Phi) is 3.20. The lowest BCUT2D eigenvalue weighted by molar-refractivity contribution is 0.0666. The SMILES string of the molecule is CCC1CC1N1CC2(CCCC2)NCC1CC. The third-order valence-electron chi connectivity index (χ3n) is 5.53. The minimum atomic E-state index is 0.506. The number of nitrogens with zero attached hydrogens (tertiary/aromatic N) is 1. The van der Waals surface area contributed by atoms with E-state index in [0.29, 0.717) is 5.54 Å². The Morgan fingerprint density at radius 2 is 1.94 bits per heavy atom. The van der Waals surface area contributed by atoms with Gasteiger partial charge in [0.05, 0.1) is 0 Å². The second kappa shape index (κ2) is 4.55. The first-order valence-corrected chi connectivity index (χ1v) is 7.79. The molecule has 17 heavy (non-hydrogen) atoms. The van der Waals surface area contributed by atoms with Crippen molar-refractivity contribution in [3.05, 3.63) is 0 Å². The van der Waals surface area contributed by atoms with Crippen LogP contribution in [0.15, 0.2) is 0 Å². The predicted molar refractivity (Wildman–Crippen MR) is 72.2 cm³/mol. The fourth-order valence-electron chi connectivity index (χ4n) is 4.22. The van der Waals surface area contributed by atoms with Crippen LogP contribution in [0, 0.1) is 5.92 Å². The molecule has 2 nitrogen and oxygen atoms in total. The van der Waals surface area contributed by atoms with Crippen LogP contribution in [0.3, 0.4) is 0 Å². The first-order valence-electron chi connectivity index (χ1n) is 7.79. The molecule has 0 aromatic rings. The number of nitrogens with one attached hydrogen (secondary N) is 1. The summed E-state index contributed by atoms with van der Waals surface area (Å²) in [6.45, 7) is 7.30. The molecule has 0 radical (unpaired) electrons. The van der Waals surface area contributed by atoms with E-state index in [0.717, 1.165) is 18.0 Å². The molecule has 1 saturated heterocycles. The predicted octanol–water partition coefficient (Wildman–Crippen LogP) is 2.78. The third kappa shape index (κ3) is 2.15. The first-order chi connectivity index (χ1) is 8.28. The minimum absolute atomic E-state index is 0.506. The number of rotatable bonds is 3. The Balaban J connectivity index is 1.69. The van der Waals surface area contributed by atoms with Crippen molar-refractivity contribution in [2.24, 2.45) is 5.92 Å². The van der Waals surface area contributed by atoms with Gasteiger partial charge in [-0.25, -0.2) is 0 Å². The molecular weight excluding hydrogens is 208 g/mol. The average Bonchev–Trinajstić information content (AvgIpc) is 3.03. The quantitative estimate of drug-likeness (QED) is 0.810. The second-order valence-electron chi connectivity index (χ2n) is 6.57. The van der Waals surface area contributed by atoms with Crippen molar-refractivity contribution >= 4 is 0 Å². The maximum absolute atomic E-state index is 3.90. The van der Waals surface area contributed by atoms with Gasteiger partial charge in [0.25, 0.3) is 0 Å². The fourth-order valence-corrected chi connectivity index (χ4v) is 4.22. The zero-order chi connectivity index (χ0) is 11.9. The van der Waals surface area contributed by atoms with Gasteiger partial charge in [0.15, 0.2) is 0 Å². The molecule has 1 aliphatic heterocycles. The van der Waals surface area contributed by atoms with Gasteiger partial charge >= 0.3 is 0 Å².